The molecule has 1 saturated heterocycles. The second-order valence-electron chi connectivity index (χ2n) is 8.21. The summed E-state index contributed by atoms with van der Waals surface area (Å²) in [4.78, 5) is 5.09. The number of piperidine rings is 1. The highest BCUT2D eigenvalue weighted by atomic mass is 14.9. The number of nitrogens with zero attached hydrogens (tertiary/aromatic N) is 1. The minimum Gasteiger partial charge on any atom is -0.404 e. The first-order valence-electron chi connectivity index (χ1n) is 8.34. The zero-order valence-electron chi connectivity index (χ0n) is 13.5. The molecule has 0 amide bonds. The minimum atomic E-state index is 0.0705. The third kappa shape index (κ3) is 2.76. The van der Waals surface area contributed by atoms with Crippen LogP contribution in [0.3, 0.4) is 0 Å². The van der Waals surface area contributed by atoms with Gasteiger partial charge in [0.2, 0.25) is 0 Å². The van der Waals surface area contributed by atoms with Crippen molar-refractivity contribution in [3.8, 4) is 0 Å². The van der Waals surface area contributed by atoms with E-state index < -0.39 is 0 Å². The molecule has 0 aromatic heterocycles. The molecule has 4 aliphatic rings. The molecule has 21 heavy (non-hydrogen) atoms. The van der Waals surface area contributed by atoms with E-state index in [0.29, 0.717) is 5.41 Å². The maximum atomic E-state index is 6.41. The van der Waals surface area contributed by atoms with Gasteiger partial charge in [0.25, 0.3) is 0 Å². The summed E-state index contributed by atoms with van der Waals surface area (Å²) >= 11 is 0. The Morgan fingerprint density at radius 3 is 2.33 bits per heavy atom. The number of aliphatic imine (C=N–C) groups is 1. The van der Waals surface area contributed by atoms with Gasteiger partial charge in [0.1, 0.15) is 0 Å². The molecule has 1 aliphatic heterocycles. The van der Waals surface area contributed by atoms with Crippen molar-refractivity contribution in [1.82, 2.24) is 5.32 Å². The molecule has 0 aromatic carbocycles. The number of nitrogens with two attached hydrogens (primary N) is 2. The van der Waals surface area contributed by atoms with Gasteiger partial charge in [0.05, 0.1) is 0 Å². The van der Waals surface area contributed by atoms with Gasteiger partial charge < -0.3 is 16.8 Å². The molecule has 1 heterocycles. The SMILES string of the molecule is CC1(C)CNC/C(=C/N)C1=NCC12CCC(N)(CC1)CC2. The Morgan fingerprint density at radius 1 is 1.14 bits per heavy atom. The molecule has 0 atom stereocenters. The first kappa shape index (κ1) is 15.0. The first-order chi connectivity index (χ1) is 9.88. The number of fused-ring (bicyclic) bond motifs is 3. The molecule has 0 radical (unpaired) electrons. The van der Waals surface area contributed by atoms with Crippen LogP contribution in [0.1, 0.15) is 52.4 Å². The highest BCUT2D eigenvalue weighted by molar-refractivity contribution is 6.05. The second kappa shape index (κ2) is 5.10. The van der Waals surface area contributed by atoms with Crippen LogP contribution >= 0.6 is 0 Å². The lowest BCUT2D eigenvalue weighted by molar-refractivity contribution is 0.0524. The van der Waals surface area contributed by atoms with Crippen LogP contribution in [0.25, 0.3) is 0 Å². The summed E-state index contributed by atoms with van der Waals surface area (Å²) < 4.78 is 0. The maximum absolute atomic E-state index is 6.41. The van der Waals surface area contributed by atoms with Crippen molar-refractivity contribution < 1.29 is 0 Å². The summed E-state index contributed by atoms with van der Waals surface area (Å²) in [6.45, 7) is 7.29. The standard InChI is InChI=1S/C17H30N4/c1-15(2)11-20-10-13(9-18)14(15)21-12-16-3-6-17(19,7-4-16)8-5-16/h9,20H,3-8,10-12,18-19H2,1-2H3/b13-9-,21-14?. The van der Waals surface area contributed by atoms with E-state index in [9.17, 15) is 0 Å². The van der Waals surface area contributed by atoms with E-state index in [4.69, 9.17) is 16.5 Å². The van der Waals surface area contributed by atoms with Gasteiger partial charge in [-0.3, -0.25) is 4.99 Å². The van der Waals surface area contributed by atoms with Crippen molar-refractivity contribution in [3.63, 3.8) is 0 Å². The molecule has 4 rings (SSSR count). The molecule has 5 N–H and O–H groups in total. The van der Waals surface area contributed by atoms with Crippen LogP contribution in [0.5, 0.6) is 0 Å². The van der Waals surface area contributed by atoms with Crippen LogP contribution in [0.2, 0.25) is 0 Å². The summed E-state index contributed by atoms with van der Waals surface area (Å²) in [6, 6.07) is 0. The molecule has 3 aliphatic carbocycles. The lowest BCUT2D eigenvalue weighted by atomic mass is 9.57. The Bertz CT molecular complexity index is 451. The van der Waals surface area contributed by atoms with Crippen molar-refractivity contribution in [3.05, 3.63) is 11.8 Å². The lowest BCUT2D eigenvalue weighted by Crippen LogP contribution is -2.53. The van der Waals surface area contributed by atoms with E-state index in [2.05, 4.69) is 19.2 Å². The number of rotatable bonds is 2. The van der Waals surface area contributed by atoms with Crippen LogP contribution < -0.4 is 16.8 Å². The van der Waals surface area contributed by atoms with Gasteiger partial charge in [0, 0.05) is 48.1 Å². The highest BCUT2D eigenvalue weighted by Gasteiger charge is 2.46. The zero-order valence-corrected chi connectivity index (χ0v) is 13.5. The molecule has 4 heteroatoms. The van der Waals surface area contributed by atoms with E-state index in [1.165, 1.54) is 49.8 Å². The molecule has 0 aromatic rings. The quantitative estimate of drug-likeness (QED) is 0.727. The van der Waals surface area contributed by atoms with Crippen molar-refractivity contribution >= 4 is 5.71 Å². The minimum absolute atomic E-state index is 0.0705. The lowest BCUT2D eigenvalue weighted by Gasteiger charge is -2.51. The van der Waals surface area contributed by atoms with Gasteiger partial charge in [-0.15, -0.1) is 0 Å². The molecule has 2 bridgehead atoms. The largest absolute Gasteiger partial charge is 0.404 e. The summed E-state index contributed by atoms with van der Waals surface area (Å²) in [7, 11) is 0. The van der Waals surface area contributed by atoms with Gasteiger partial charge in [-0.1, -0.05) is 13.8 Å². The highest BCUT2D eigenvalue weighted by Crippen LogP contribution is 2.51. The predicted molar refractivity (Wildman–Crippen MR) is 88.3 cm³/mol. The average molecular weight is 290 g/mol. The fourth-order valence-corrected chi connectivity index (χ4v) is 4.34. The monoisotopic (exact) mass is 290 g/mol. The molecule has 118 valence electrons. The Hall–Kier alpha value is -0.870. The maximum Gasteiger partial charge on any atom is 0.0476 e. The van der Waals surface area contributed by atoms with Crippen molar-refractivity contribution in [2.75, 3.05) is 19.6 Å². The van der Waals surface area contributed by atoms with Gasteiger partial charge >= 0.3 is 0 Å². The normalized spacial score (nSPS) is 42.6. The Kier molecular flexibility index (Phi) is 3.65. The molecular weight excluding hydrogens is 260 g/mol. The van der Waals surface area contributed by atoms with Crippen molar-refractivity contribution in [1.29, 1.82) is 0 Å². The second-order valence-corrected chi connectivity index (χ2v) is 8.21. The van der Waals surface area contributed by atoms with Gasteiger partial charge in [-0.2, -0.15) is 0 Å². The summed E-state index contributed by atoms with van der Waals surface area (Å²) in [6.07, 6.45) is 9.03. The fourth-order valence-electron chi connectivity index (χ4n) is 4.34. The Labute approximate surface area is 128 Å². The number of hydrogen-bond donors (Lipinski definition) is 3. The first-order valence-corrected chi connectivity index (χ1v) is 8.34. The van der Waals surface area contributed by atoms with E-state index in [1.807, 2.05) is 0 Å². The molecule has 4 nitrogen and oxygen atoms in total. The van der Waals surface area contributed by atoms with Crippen LogP contribution in [0, 0.1) is 10.8 Å². The Morgan fingerprint density at radius 2 is 1.76 bits per heavy atom. The van der Waals surface area contributed by atoms with E-state index in [1.54, 1.807) is 6.20 Å². The molecule has 4 fully saturated rings. The average Bonchev–Trinajstić information content (AvgIpc) is 2.47. The van der Waals surface area contributed by atoms with E-state index >= 15 is 0 Å². The van der Waals surface area contributed by atoms with Crippen LogP contribution in [-0.4, -0.2) is 30.9 Å². The van der Waals surface area contributed by atoms with Gasteiger partial charge in [0.15, 0.2) is 0 Å². The molecule has 0 unspecified atom stereocenters. The molecular formula is C17H30N4. The van der Waals surface area contributed by atoms with Crippen molar-refractivity contribution in [2.45, 2.75) is 57.9 Å². The zero-order chi connectivity index (χ0) is 15.1. The topological polar surface area (TPSA) is 76.4 Å². The number of hydrogen-bond acceptors (Lipinski definition) is 4. The van der Waals surface area contributed by atoms with E-state index in [-0.39, 0.29) is 11.0 Å². The van der Waals surface area contributed by atoms with Crippen molar-refractivity contribution in [2.24, 2.45) is 27.3 Å². The Balaban J connectivity index is 1.78. The van der Waals surface area contributed by atoms with Gasteiger partial charge in [-0.25, -0.2) is 0 Å². The third-order valence-corrected chi connectivity index (χ3v) is 6.06. The molecule has 0 spiro atoms. The predicted octanol–water partition coefficient (Wildman–Crippen LogP) is 1.95. The van der Waals surface area contributed by atoms with E-state index in [0.717, 1.165) is 19.6 Å². The van der Waals surface area contributed by atoms with Crippen LogP contribution in [-0.2, 0) is 0 Å². The number of nitrogens with one attached hydrogen (secondary N) is 1. The van der Waals surface area contributed by atoms with Crippen LogP contribution in [0.4, 0.5) is 0 Å². The summed E-state index contributed by atoms with van der Waals surface area (Å²) in [5.74, 6) is 0. The van der Waals surface area contributed by atoms with Gasteiger partial charge in [-0.05, 0) is 43.9 Å². The summed E-state index contributed by atoms with van der Waals surface area (Å²) in [5, 5.41) is 3.43. The van der Waals surface area contributed by atoms with Crippen LogP contribution in [0.15, 0.2) is 16.8 Å². The smallest absolute Gasteiger partial charge is 0.0476 e. The molecule has 3 saturated carbocycles. The fraction of sp³-hybridized carbons (Fsp3) is 0.824. The summed E-state index contributed by atoms with van der Waals surface area (Å²) in [5.41, 5.74) is 15.2. The third-order valence-electron chi connectivity index (χ3n) is 6.06.